The lowest BCUT2D eigenvalue weighted by Gasteiger charge is -2.48. The SMILES string of the molecule is CCN1C(=O)c2c(O)c(=O)c(-c3nnc(Cc4c(F)cc(F)cc4F)s3)cn2N2CCCC[C@@H]12. The first kappa shape index (κ1) is 22.4. The number of carbonyl (C=O) groups excluding carboxylic acids is 1. The van der Waals surface area contributed by atoms with E-state index >= 15 is 0 Å². The van der Waals surface area contributed by atoms with Crippen LogP contribution >= 0.6 is 11.3 Å². The molecule has 8 nitrogen and oxygen atoms in total. The second-order valence-corrected chi connectivity index (χ2v) is 9.23. The predicted molar refractivity (Wildman–Crippen MR) is 118 cm³/mol. The van der Waals surface area contributed by atoms with E-state index in [4.69, 9.17) is 0 Å². The van der Waals surface area contributed by atoms with Crippen molar-refractivity contribution in [1.82, 2.24) is 19.8 Å². The topological polar surface area (TPSA) is 91.6 Å². The molecule has 0 unspecified atom stereocenters. The van der Waals surface area contributed by atoms with E-state index in [1.165, 1.54) is 10.9 Å². The Balaban J connectivity index is 1.56. The fourth-order valence-corrected chi connectivity index (χ4v) is 5.42. The van der Waals surface area contributed by atoms with E-state index in [1.807, 2.05) is 11.9 Å². The molecule has 34 heavy (non-hydrogen) atoms. The molecule has 2 aliphatic heterocycles. The third kappa shape index (κ3) is 3.52. The zero-order valence-corrected chi connectivity index (χ0v) is 18.9. The Bertz CT molecular complexity index is 1340. The smallest absolute Gasteiger partial charge is 0.278 e. The Hall–Kier alpha value is -3.41. The van der Waals surface area contributed by atoms with Gasteiger partial charge in [0.15, 0.2) is 16.5 Å². The first-order chi connectivity index (χ1) is 16.3. The average molecular weight is 491 g/mol. The quantitative estimate of drug-likeness (QED) is 0.604. The molecule has 0 bridgehead atoms. The summed E-state index contributed by atoms with van der Waals surface area (Å²) in [4.78, 5) is 27.7. The molecule has 12 heteroatoms. The molecule has 0 saturated carbocycles. The summed E-state index contributed by atoms with van der Waals surface area (Å²) in [6.45, 7) is 2.92. The van der Waals surface area contributed by atoms with Gasteiger partial charge in [0.05, 0.1) is 5.56 Å². The lowest BCUT2D eigenvalue weighted by atomic mass is 10.1. The van der Waals surface area contributed by atoms with Crippen LogP contribution in [0.5, 0.6) is 5.75 Å². The summed E-state index contributed by atoms with van der Waals surface area (Å²) in [7, 11) is 0. The van der Waals surface area contributed by atoms with E-state index in [0.29, 0.717) is 25.2 Å². The number of nitrogens with zero attached hydrogens (tertiary/aromatic N) is 5. The number of hydrogen-bond donors (Lipinski definition) is 1. The van der Waals surface area contributed by atoms with Crippen LogP contribution in [0.3, 0.4) is 0 Å². The highest BCUT2D eigenvalue weighted by Gasteiger charge is 2.40. The normalized spacial score (nSPS) is 17.6. The van der Waals surface area contributed by atoms with Crippen LogP contribution in [-0.4, -0.2) is 50.0 Å². The Labute approximate surface area is 195 Å². The molecule has 1 atom stereocenters. The Morgan fingerprint density at radius 1 is 1.15 bits per heavy atom. The van der Waals surface area contributed by atoms with Crippen LogP contribution in [-0.2, 0) is 6.42 Å². The van der Waals surface area contributed by atoms with Gasteiger partial charge in [0, 0.05) is 43.4 Å². The maximum absolute atomic E-state index is 14.0. The lowest BCUT2D eigenvalue weighted by Crippen LogP contribution is -2.62. The van der Waals surface area contributed by atoms with Gasteiger partial charge < -0.3 is 10.0 Å². The van der Waals surface area contributed by atoms with Crippen molar-refractivity contribution in [2.75, 3.05) is 18.1 Å². The molecule has 0 aliphatic carbocycles. The number of pyridine rings is 1. The zero-order chi connectivity index (χ0) is 24.1. The van der Waals surface area contributed by atoms with Gasteiger partial charge in [-0.05, 0) is 26.2 Å². The number of aromatic nitrogens is 3. The predicted octanol–water partition coefficient (Wildman–Crippen LogP) is 3.00. The Morgan fingerprint density at radius 2 is 1.88 bits per heavy atom. The van der Waals surface area contributed by atoms with Crippen LogP contribution in [0.2, 0.25) is 0 Å². The van der Waals surface area contributed by atoms with Gasteiger partial charge in [0.2, 0.25) is 5.43 Å². The van der Waals surface area contributed by atoms with E-state index in [2.05, 4.69) is 10.2 Å². The maximum Gasteiger partial charge on any atom is 0.278 e. The van der Waals surface area contributed by atoms with Gasteiger partial charge in [-0.2, -0.15) is 0 Å². The molecule has 0 spiro atoms. The summed E-state index contributed by atoms with van der Waals surface area (Å²) < 4.78 is 42.8. The number of hydrogen-bond acceptors (Lipinski definition) is 7. The van der Waals surface area contributed by atoms with Crippen LogP contribution in [0.15, 0.2) is 23.1 Å². The molecule has 3 aromatic rings. The van der Waals surface area contributed by atoms with Gasteiger partial charge in [-0.3, -0.25) is 19.3 Å². The molecule has 178 valence electrons. The van der Waals surface area contributed by atoms with Crippen molar-refractivity contribution in [3.63, 3.8) is 0 Å². The van der Waals surface area contributed by atoms with Crippen molar-refractivity contribution in [2.24, 2.45) is 0 Å². The maximum atomic E-state index is 14.0. The minimum Gasteiger partial charge on any atom is -0.502 e. The molecule has 5 rings (SSSR count). The second kappa shape index (κ2) is 8.42. The highest BCUT2D eigenvalue weighted by molar-refractivity contribution is 7.14. The summed E-state index contributed by atoms with van der Waals surface area (Å²) in [5.74, 6) is -4.22. The summed E-state index contributed by atoms with van der Waals surface area (Å²) in [6, 6.07) is 1.17. The number of amides is 1. The first-order valence-electron chi connectivity index (χ1n) is 10.8. The number of fused-ring (bicyclic) bond motifs is 3. The van der Waals surface area contributed by atoms with Gasteiger partial charge in [-0.15, -0.1) is 10.2 Å². The molecule has 4 heterocycles. The molecule has 1 amide bonds. The van der Waals surface area contributed by atoms with Gasteiger partial charge in [-0.1, -0.05) is 11.3 Å². The van der Waals surface area contributed by atoms with Crippen molar-refractivity contribution in [2.45, 2.75) is 38.8 Å². The summed E-state index contributed by atoms with van der Waals surface area (Å²) in [5, 5.41) is 20.9. The minimum absolute atomic E-state index is 0.0205. The summed E-state index contributed by atoms with van der Waals surface area (Å²) >= 11 is 0.924. The third-order valence-electron chi connectivity index (χ3n) is 6.18. The van der Waals surface area contributed by atoms with E-state index in [-0.39, 0.29) is 39.4 Å². The lowest BCUT2D eigenvalue weighted by molar-refractivity contribution is 0.0536. The number of piperidine rings is 1. The van der Waals surface area contributed by atoms with E-state index in [0.717, 1.165) is 30.6 Å². The highest BCUT2D eigenvalue weighted by Crippen LogP contribution is 2.32. The zero-order valence-electron chi connectivity index (χ0n) is 18.1. The summed E-state index contributed by atoms with van der Waals surface area (Å²) in [5.41, 5.74) is -1.23. The van der Waals surface area contributed by atoms with Crippen molar-refractivity contribution < 1.29 is 23.1 Å². The standard InChI is InChI=1S/C22H20F3N5O3S/c1-2-28-17-5-3-4-6-29(17)30-10-13(19(31)20(32)18(30)22(28)33)21-27-26-16(34-21)9-12-14(24)7-11(23)8-15(12)25/h7-8,10,17,32H,2-6,9H2,1H3/t17-/m0/s1. The minimum atomic E-state index is -1.05. The monoisotopic (exact) mass is 491 g/mol. The fraction of sp³-hybridized carbons (Fsp3) is 0.364. The molecule has 1 saturated heterocycles. The second-order valence-electron chi connectivity index (χ2n) is 8.17. The van der Waals surface area contributed by atoms with Crippen LogP contribution in [0.1, 0.15) is 47.2 Å². The number of benzene rings is 1. The molecule has 0 radical (unpaired) electrons. The van der Waals surface area contributed by atoms with Gasteiger partial charge in [-0.25, -0.2) is 13.2 Å². The molecule has 1 aromatic carbocycles. The van der Waals surface area contributed by atoms with Crippen molar-refractivity contribution in [3.05, 3.63) is 62.3 Å². The molecular weight excluding hydrogens is 471 g/mol. The van der Waals surface area contributed by atoms with Crippen molar-refractivity contribution >= 4 is 17.2 Å². The summed E-state index contributed by atoms with van der Waals surface area (Å²) in [6.07, 6.45) is 3.59. The van der Waals surface area contributed by atoms with Crippen LogP contribution in [0, 0.1) is 17.5 Å². The highest BCUT2D eigenvalue weighted by atomic mass is 32.1. The van der Waals surface area contributed by atoms with Crippen molar-refractivity contribution in [3.8, 4) is 16.3 Å². The molecular formula is C22H20F3N5O3S. The number of halogens is 3. The Kier molecular flexibility index (Phi) is 5.54. The number of rotatable bonds is 4. The number of aromatic hydroxyl groups is 1. The molecule has 2 aromatic heterocycles. The van der Waals surface area contributed by atoms with Crippen LogP contribution < -0.4 is 10.4 Å². The third-order valence-corrected chi connectivity index (χ3v) is 7.14. The first-order valence-corrected chi connectivity index (χ1v) is 11.6. The average Bonchev–Trinajstić information content (AvgIpc) is 3.27. The van der Waals surface area contributed by atoms with Gasteiger partial charge >= 0.3 is 0 Å². The van der Waals surface area contributed by atoms with E-state index in [9.17, 15) is 27.9 Å². The number of carbonyl (C=O) groups is 1. The molecule has 2 aliphatic rings. The van der Waals surface area contributed by atoms with Crippen molar-refractivity contribution in [1.29, 1.82) is 0 Å². The fourth-order valence-electron chi connectivity index (χ4n) is 4.56. The van der Waals surface area contributed by atoms with E-state index in [1.54, 1.807) is 4.90 Å². The largest absolute Gasteiger partial charge is 0.502 e. The van der Waals surface area contributed by atoms with Crippen LogP contribution in [0.4, 0.5) is 13.2 Å². The van der Waals surface area contributed by atoms with Gasteiger partial charge in [0.1, 0.15) is 28.6 Å². The molecule has 1 N–H and O–H groups in total. The Morgan fingerprint density at radius 3 is 2.59 bits per heavy atom. The molecule has 1 fully saturated rings. The van der Waals surface area contributed by atoms with Crippen LogP contribution in [0.25, 0.3) is 10.6 Å². The van der Waals surface area contributed by atoms with Gasteiger partial charge in [0.25, 0.3) is 5.91 Å². The van der Waals surface area contributed by atoms with E-state index < -0.39 is 34.5 Å².